The molecule has 38 heavy (non-hydrogen) atoms. The minimum absolute atomic E-state index is 0.0311. The van der Waals surface area contributed by atoms with Gasteiger partial charge in [0.05, 0.1) is 16.8 Å². The number of rotatable bonds is 8. The largest absolute Gasteiger partial charge is 0.482 e. The van der Waals surface area contributed by atoms with E-state index in [1.165, 1.54) is 36.5 Å². The fraction of sp³-hybridized carbons (Fsp3) is 0.154. The van der Waals surface area contributed by atoms with E-state index in [9.17, 15) is 27.6 Å². The molecule has 0 aromatic heterocycles. The van der Waals surface area contributed by atoms with Gasteiger partial charge in [0.25, 0.3) is 5.91 Å². The monoisotopic (exact) mass is 546 g/mol. The van der Waals surface area contributed by atoms with Crippen LogP contribution in [0.1, 0.15) is 23.6 Å². The molecule has 0 heterocycles. The molecular weight excluding hydrogens is 525 g/mol. The van der Waals surface area contributed by atoms with Gasteiger partial charge >= 0.3 is 18.0 Å². The van der Waals surface area contributed by atoms with Gasteiger partial charge in [0.2, 0.25) is 0 Å². The first-order valence-electron chi connectivity index (χ1n) is 11.2. The average molecular weight is 547 g/mol. The lowest BCUT2D eigenvalue weighted by Gasteiger charge is -2.11. The molecule has 0 aliphatic carbocycles. The number of ether oxygens (including phenoxy) is 1. The van der Waals surface area contributed by atoms with Crippen LogP contribution in [0.2, 0.25) is 5.02 Å². The fourth-order valence-electron chi connectivity index (χ4n) is 3.17. The Morgan fingerprint density at radius 3 is 2.45 bits per heavy atom. The van der Waals surface area contributed by atoms with Crippen LogP contribution in [0.25, 0.3) is 0 Å². The first kappa shape index (κ1) is 28.2. The smallest absolute Gasteiger partial charge is 0.416 e. The number of alkyl halides is 3. The number of hydrogen-bond donors (Lipinski definition) is 3. The Bertz CT molecular complexity index is 1360. The zero-order valence-electron chi connectivity index (χ0n) is 19.9. The number of nitrogens with one attached hydrogen (secondary N) is 3. The highest BCUT2D eigenvalue weighted by atomic mass is 35.5. The van der Waals surface area contributed by atoms with E-state index in [-0.39, 0.29) is 16.5 Å². The maximum atomic E-state index is 12.8. The Balaban J connectivity index is 1.50. The maximum Gasteiger partial charge on any atom is 0.416 e. The third-order valence-electron chi connectivity index (χ3n) is 5.02. The molecule has 0 saturated carbocycles. The summed E-state index contributed by atoms with van der Waals surface area (Å²) in [7, 11) is 0. The lowest BCUT2D eigenvalue weighted by atomic mass is 10.1. The van der Waals surface area contributed by atoms with Crippen LogP contribution in [-0.4, -0.2) is 30.5 Å². The number of nitrogens with zero attached hydrogens (tertiary/aromatic N) is 1. The minimum atomic E-state index is -4.54. The Morgan fingerprint density at radius 1 is 0.974 bits per heavy atom. The van der Waals surface area contributed by atoms with Crippen LogP contribution >= 0.6 is 11.6 Å². The van der Waals surface area contributed by atoms with Gasteiger partial charge in [-0.25, -0.2) is 5.43 Å². The Kier molecular flexibility index (Phi) is 9.44. The zero-order valence-corrected chi connectivity index (χ0v) is 20.7. The van der Waals surface area contributed by atoms with Gasteiger partial charge in [-0.3, -0.25) is 14.4 Å². The van der Waals surface area contributed by atoms with Gasteiger partial charge in [-0.1, -0.05) is 42.8 Å². The van der Waals surface area contributed by atoms with E-state index in [1.54, 1.807) is 12.1 Å². The highest BCUT2D eigenvalue weighted by Gasteiger charge is 2.30. The van der Waals surface area contributed by atoms with Crippen molar-refractivity contribution in [2.24, 2.45) is 5.10 Å². The van der Waals surface area contributed by atoms with E-state index < -0.39 is 36.1 Å². The quantitative estimate of drug-likeness (QED) is 0.209. The molecular formula is C26H22ClF3N4O4. The van der Waals surface area contributed by atoms with Crippen LogP contribution in [0.3, 0.4) is 0 Å². The molecule has 3 N–H and O–H groups in total. The van der Waals surface area contributed by atoms with Crippen molar-refractivity contribution in [3.8, 4) is 5.75 Å². The molecule has 3 aromatic rings. The number of aryl methyl sites for hydroxylation is 1. The summed E-state index contributed by atoms with van der Waals surface area (Å²) in [5.74, 6) is -2.40. The lowest BCUT2D eigenvalue weighted by Crippen LogP contribution is -2.32. The van der Waals surface area contributed by atoms with Crippen molar-refractivity contribution in [3.63, 3.8) is 0 Å². The second-order valence-electron chi connectivity index (χ2n) is 7.77. The standard InChI is InChI=1S/C26H22ClF3N4O4/c1-2-17-6-3-4-9-21(17)33-24(36)25(37)34-31-14-16-10-11-22(20(27)12-16)38-15-23(35)32-19-8-5-7-18(13-19)26(28,29)30/h3-14H,2,15H2,1H3,(H,32,35)(H,33,36)(H,34,37)/b31-14-. The van der Waals surface area contributed by atoms with Crippen molar-refractivity contribution in [2.45, 2.75) is 19.5 Å². The zero-order chi connectivity index (χ0) is 27.7. The number of anilines is 2. The summed E-state index contributed by atoms with van der Waals surface area (Å²) in [5, 5.41) is 8.70. The molecule has 3 aromatic carbocycles. The third kappa shape index (κ3) is 8.07. The highest BCUT2D eigenvalue weighted by Crippen LogP contribution is 2.30. The molecule has 0 aliphatic heterocycles. The van der Waals surface area contributed by atoms with Crippen molar-refractivity contribution < 1.29 is 32.3 Å². The summed E-state index contributed by atoms with van der Waals surface area (Å²) in [6.07, 6.45) is -2.61. The molecule has 0 radical (unpaired) electrons. The molecule has 3 amide bonds. The molecule has 0 unspecified atom stereocenters. The van der Waals surface area contributed by atoms with Gasteiger partial charge in [0.1, 0.15) is 5.75 Å². The molecule has 0 saturated heterocycles. The molecule has 8 nitrogen and oxygen atoms in total. The fourth-order valence-corrected chi connectivity index (χ4v) is 3.42. The van der Waals surface area contributed by atoms with Crippen molar-refractivity contribution in [1.82, 2.24) is 5.43 Å². The van der Waals surface area contributed by atoms with Gasteiger partial charge in [-0.15, -0.1) is 0 Å². The van der Waals surface area contributed by atoms with Crippen LogP contribution in [0.4, 0.5) is 24.5 Å². The first-order chi connectivity index (χ1) is 18.1. The number of hydrazone groups is 1. The van der Waals surface area contributed by atoms with Crippen molar-refractivity contribution >= 4 is 46.9 Å². The normalized spacial score (nSPS) is 11.2. The summed E-state index contributed by atoms with van der Waals surface area (Å²) in [4.78, 5) is 36.2. The number of halogens is 4. The summed E-state index contributed by atoms with van der Waals surface area (Å²) in [6, 6.07) is 15.7. The SMILES string of the molecule is CCc1ccccc1NC(=O)C(=O)N/N=C\c1ccc(OCC(=O)Nc2cccc(C(F)(F)F)c2)c(Cl)c1. The average Bonchev–Trinajstić information content (AvgIpc) is 2.88. The van der Waals surface area contributed by atoms with Gasteiger partial charge in [-0.05, 0) is 60.0 Å². The lowest BCUT2D eigenvalue weighted by molar-refractivity contribution is -0.137. The van der Waals surface area contributed by atoms with Gasteiger partial charge < -0.3 is 15.4 Å². The van der Waals surface area contributed by atoms with Crippen LogP contribution in [0.15, 0.2) is 71.8 Å². The summed E-state index contributed by atoms with van der Waals surface area (Å²) in [5.41, 5.74) is 3.06. The number of para-hydroxylation sites is 1. The molecule has 3 rings (SSSR count). The van der Waals surface area contributed by atoms with Crippen molar-refractivity contribution in [1.29, 1.82) is 0 Å². The van der Waals surface area contributed by atoms with Crippen LogP contribution < -0.4 is 20.8 Å². The third-order valence-corrected chi connectivity index (χ3v) is 5.32. The van der Waals surface area contributed by atoms with Gasteiger partial charge in [-0.2, -0.15) is 18.3 Å². The van der Waals surface area contributed by atoms with Crippen molar-refractivity contribution in [3.05, 3.63) is 88.4 Å². The predicted octanol–water partition coefficient (Wildman–Crippen LogP) is 5.03. The Hall–Kier alpha value is -4.38. The van der Waals surface area contributed by atoms with E-state index in [0.717, 1.165) is 17.7 Å². The molecule has 0 aliphatic rings. The summed E-state index contributed by atoms with van der Waals surface area (Å²) >= 11 is 6.16. The topological polar surface area (TPSA) is 109 Å². The van der Waals surface area contributed by atoms with E-state index in [2.05, 4.69) is 21.2 Å². The Morgan fingerprint density at radius 2 is 1.74 bits per heavy atom. The van der Waals surface area contributed by atoms with E-state index in [1.807, 2.05) is 19.1 Å². The Labute approximate surface area is 220 Å². The second kappa shape index (κ2) is 12.7. The van der Waals surface area contributed by atoms with Crippen LogP contribution in [0, 0.1) is 0 Å². The molecule has 0 fully saturated rings. The maximum absolute atomic E-state index is 12.8. The number of carbonyl (C=O) groups excluding carboxylic acids is 3. The number of amides is 3. The van der Waals surface area contributed by atoms with E-state index in [0.29, 0.717) is 17.7 Å². The van der Waals surface area contributed by atoms with E-state index >= 15 is 0 Å². The molecule has 198 valence electrons. The van der Waals surface area contributed by atoms with E-state index in [4.69, 9.17) is 16.3 Å². The van der Waals surface area contributed by atoms with Gasteiger partial charge in [0.15, 0.2) is 6.61 Å². The summed E-state index contributed by atoms with van der Waals surface area (Å²) < 4.78 is 43.8. The molecule has 0 spiro atoms. The van der Waals surface area contributed by atoms with Crippen molar-refractivity contribution in [2.75, 3.05) is 17.2 Å². The summed E-state index contributed by atoms with van der Waals surface area (Å²) in [6.45, 7) is 1.42. The highest BCUT2D eigenvalue weighted by molar-refractivity contribution is 6.39. The number of carbonyl (C=O) groups is 3. The van der Waals surface area contributed by atoms with Crippen LogP contribution in [0.5, 0.6) is 5.75 Å². The first-order valence-corrected chi connectivity index (χ1v) is 11.6. The number of benzene rings is 3. The number of hydrogen-bond acceptors (Lipinski definition) is 5. The van der Waals surface area contributed by atoms with Crippen LogP contribution in [-0.2, 0) is 27.0 Å². The molecule has 12 heteroatoms. The molecule has 0 atom stereocenters. The molecule has 0 bridgehead atoms. The minimum Gasteiger partial charge on any atom is -0.482 e. The predicted molar refractivity (Wildman–Crippen MR) is 137 cm³/mol. The second-order valence-corrected chi connectivity index (χ2v) is 8.18. The van der Waals surface area contributed by atoms with Gasteiger partial charge in [0, 0.05) is 11.4 Å².